The van der Waals surface area contributed by atoms with Crippen LogP contribution in [0.2, 0.25) is 0 Å². The summed E-state index contributed by atoms with van der Waals surface area (Å²) in [5.74, 6) is -0.0615. The third-order valence-electron chi connectivity index (χ3n) is 6.09. The molecule has 2 heterocycles. The van der Waals surface area contributed by atoms with Gasteiger partial charge in [-0.3, -0.25) is 4.79 Å². The molecule has 3 aromatic rings. The SMILES string of the molecule is Cc1sc(NC(=O)c2ccccc2)c(C(c2ccccc2)[NH+]2CC(C)OC(C)C2)c1C. The minimum absolute atomic E-state index is 0.0615. The number of carbonyl (C=O) groups is 1. The van der Waals surface area contributed by atoms with Crippen molar-refractivity contribution in [2.45, 2.75) is 45.9 Å². The zero-order chi connectivity index (χ0) is 22.0. The van der Waals surface area contributed by atoms with Crippen LogP contribution >= 0.6 is 11.3 Å². The zero-order valence-corrected chi connectivity index (χ0v) is 19.5. The number of morpholine rings is 1. The number of nitrogens with one attached hydrogen (secondary N) is 2. The fraction of sp³-hybridized carbons (Fsp3) is 0.346. The molecule has 0 saturated carbocycles. The van der Waals surface area contributed by atoms with Crippen molar-refractivity contribution < 1.29 is 14.4 Å². The van der Waals surface area contributed by atoms with Gasteiger partial charge in [0.2, 0.25) is 0 Å². The van der Waals surface area contributed by atoms with E-state index in [-0.39, 0.29) is 24.2 Å². The Bertz CT molecular complexity index is 1020. The Labute approximate surface area is 188 Å². The van der Waals surface area contributed by atoms with E-state index in [1.807, 2.05) is 30.3 Å². The van der Waals surface area contributed by atoms with E-state index < -0.39 is 0 Å². The number of rotatable bonds is 5. The van der Waals surface area contributed by atoms with E-state index in [0.717, 1.165) is 18.1 Å². The Morgan fingerprint density at radius 3 is 2.19 bits per heavy atom. The van der Waals surface area contributed by atoms with Crippen molar-refractivity contribution in [1.82, 2.24) is 0 Å². The third-order valence-corrected chi connectivity index (χ3v) is 7.23. The Hall–Kier alpha value is -2.47. The van der Waals surface area contributed by atoms with Crippen molar-refractivity contribution >= 4 is 22.2 Å². The van der Waals surface area contributed by atoms with Crippen LogP contribution in [0.3, 0.4) is 0 Å². The van der Waals surface area contributed by atoms with E-state index in [0.29, 0.717) is 5.56 Å². The van der Waals surface area contributed by atoms with E-state index in [1.165, 1.54) is 26.5 Å². The van der Waals surface area contributed by atoms with Crippen molar-refractivity contribution in [2.24, 2.45) is 0 Å². The molecule has 0 spiro atoms. The van der Waals surface area contributed by atoms with Crippen LogP contribution in [0, 0.1) is 13.8 Å². The lowest BCUT2D eigenvalue weighted by molar-refractivity contribution is -0.939. The summed E-state index contributed by atoms with van der Waals surface area (Å²) in [6.07, 6.45) is 0.403. The highest BCUT2D eigenvalue weighted by Crippen LogP contribution is 2.38. The highest BCUT2D eigenvalue weighted by Gasteiger charge is 2.37. The maximum atomic E-state index is 13.0. The van der Waals surface area contributed by atoms with E-state index in [2.05, 4.69) is 63.3 Å². The van der Waals surface area contributed by atoms with Gasteiger partial charge in [0.1, 0.15) is 36.3 Å². The number of amides is 1. The Morgan fingerprint density at radius 2 is 1.58 bits per heavy atom. The first-order valence-corrected chi connectivity index (χ1v) is 11.8. The van der Waals surface area contributed by atoms with E-state index in [4.69, 9.17) is 4.74 Å². The number of hydrogen-bond donors (Lipinski definition) is 2. The second-order valence-electron chi connectivity index (χ2n) is 8.51. The molecule has 0 bridgehead atoms. The Balaban J connectivity index is 1.77. The minimum atomic E-state index is -0.0615. The molecule has 1 saturated heterocycles. The standard InChI is InChI=1S/C26H30N2O2S/c1-17-15-28(16-18(2)30-17)24(21-11-7-5-8-12-21)23-19(3)20(4)31-26(23)27-25(29)22-13-9-6-10-14-22/h5-14,17-18,24H,15-16H2,1-4H3,(H,27,29)/p+1. The molecule has 1 aliphatic rings. The molecule has 3 atom stereocenters. The molecule has 3 unspecified atom stereocenters. The molecule has 162 valence electrons. The normalized spacial score (nSPS) is 22.1. The predicted molar refractivity (Wildman–Crippen MR) is 127 cm³/mol. The number of anilines is 1. The van der Waals surface area contributed by atoms with Crippen molar-refractivity contribution in [1.29, 1.82) is 0 Å². The monoisotopic (exact) mass is 435 g/mol. The van der Waals surface area contributed by atoms with Crippen LogP contribution in [0.25, 0.3) is 0 Å². The summed E-state index contributed by atoms with van der Waals surface area (Å²) in [7, 11) is 0. The summed E-state index contributed by atoms with van der Waals surface area (Å²) < 4.78 is 6.04. The lowest BCUT2D eigenvalue weighted by Gasteiger charge is -2.38. The predicted octanol–water partition coefficient (Wildman–Crippen LogP) is 4.40. The highest BCUT2D eigenvalue weighted by molar-refractivity contribution is 7.16. The molecule has 1 amide bonds. The molecule has 0 aliphatic carbocycles. The number of hydrogen-bond acceptors (Lipinski definition) is 3. The van der Waals surface area contributed by atoms with Crippen molar-refractivity contribution in [2.75, 3.05) is 18.4 Å². The minimum Gasteiger partial charge on any atom is -0.364 e. The summed E-state index contributed by atoms with van der Waals surface area (Å²) >= 11 is 1.68. The molecular weight excluding hydrogens is 404 g/mol. The summed E-state index contributed by atoms with van der Waals surface area (Å²) in [5.41, 5.74) is 4.44. The smallest absolute Gasteiger partial charge is 0.256 e. The van der Waals surface area contributed by atoms with Gasteiger partial charge in [-0.2, -0.15) is 0 Å². The number of thiophene rings is 1. The first-order chi connectivity index (χ1) is 14.9. The van der Waals surface area contributed by atoms with Crippen LogP contribution in [0.4, 0.5) is 5.00 Å². The van der Waals surface area contributed by atoms with Crippen LogP contribution in [0.1, 0.15) is 51.8 Å². The van der Waals surface area contributed by atoms with Crippen LogP contribution in [0.15, 0.2) is 60.7 Å². The Kier molecular flexibility index (Phi) is 6.56. The zero-order valence-electron chi connectivity index (χ0n) is 18.6. The molecule has 5 heteroatoms. The van der Waals surface area contributed by atoms with Gasteiger partial charge in [0, 0.05) is 16.0 Å². The lowest BCUT2D eigenvalue weighted by atomic mass is 9.93. The molecule has 31 heavy (non-hydrogen) atoms. The number of carbonyl (C=O) groups excluding carboxylic acids is 1. The molecule has 2 aromatic carbocycles. The average Bonchev–Trinajstić information content (AvgIpc) is 3.02. The molecule has 4 rings (SSSR count). The van der Waals surface area contributed by atoms with Crippen LogP contribution < -0.4 is 10.2 Å². The molecule has 1 fully saturated rings. The van der Waals surface area contributed by atoms with Crippen molar-refractivity contribution in [3.8, 4) is 0 Å². The highest BCUT2D eigenvalue weighted by atomic mass is 32.1. The fourth-order valence-corrected chi connectivity index (χ4v) is 5.75. The van der Waals surface area contributed by atoms with Gasteiger partial charge in [0.15, 0.2) is 0 Å². The van der Waals surface area contributed by atoms with E-state index in [9.17, 15) is 4.79 Å². The first-order valence-electron chi connectivity index (χ1n) is 10.9. The molecular formula is C26H31N2O2S+. The molecule has 1 aliphatic heterocycles. The average molecular weight is 436 g/mol. The summed E-state index contributed by atoms with van der Waals surface area (Å²) in [4.78, 5) is 15.7. The first kappa shape index (κ1) is 21.8. The quantitative estimate of drug-likeness (QED) is 0.624. The van der Waals surface area contributed by atoms with Gasteiger partial charge in [-0.15, -0.1) is 11.3 Å². The molecule has 0 radical (unpaired) electrons. The van der Waals surface area contributed by atoms with Gasteiger partial charge in [0.05, 0.1) is 5.56 Å². The van der Waals surface area contributed by atoms with Crippen molar-refractivity contribution in [3.63, 3.8) is 0 Å². The fourth-order valence-electron chi connectivity index (χ4n) is 4.65. The number of ether oxygens (including phenoxy) is 1. The lowest BCUT2D eigenvalue weighted by Crippen LogP contribution is -3.15. The van der Waals surface area contributed by atoms with E-state index >= 15 is 0 Å². The van der Waals surface area contributed by atoms with Crippen LogP contribution in [-0.2, 0) is 4.74 Å². The molecule has 4 nitrogen and oxygen atoms in total. The topological polar surface area (TPSA) is 42.8 Å². The number of benzene rings is 2. The van der Waals surface area contributed by atoms with Crippen LogP contribution in [0.5, 0.6) is 0 Å². The summed E-state index contributed by atoms with van der Waals surface area (Å²) in [6.45, 7) is 10.5. The summed E-state index contributed by atoms with van der Waals surface area (Å²) in [6, 6.07) is 20.3. The molecule has 1 aromatic heterocycles. The maximum Gasteiger partial charge on any atom is 0.256 e. The second-order valence-corrected chi connectivity index (χ2v) is 9.74. The van der Waals surface area contributed by atoms with Gasteiger partial charge in [-0.05, 0) is 45.4 Å². The largest absolute Gasteiger partial charge is 0.364 e. The third kappa shape index (κ3) is 4.74. The number of quaternary nitrogens is 1. The molecule has 2 N–H and O–H groups in total. The maximum absolute atomic E-state index is 13.0. The summed E-state index contributed by atoms with van der Waals surface area (Å²) in [5, 5.41) is 4.19. The van der Waals surface area contributed by atoms with Crippen LogP contribution in [-0.4, -0.2) is 31.2 Å². The van der Waals surface area contributed by atoms with Gasteiger partial charge < -0.3 is 15.0 Å². The van der Waals surface area contributed by atoms with Crippen molar-refractivity contribution in [3.05, 3.63) is 87.8 Å². The van der Waals surface area contributed by atoms with Gasteiger partial charge in [-0.25, -0.2) is 0 Å². The number of aryl methyl sites for hydroxylation is 1. The second kappa shape index (κ2) is 9.35. The van der Waals surface area contributed by atoms with Gasteiger partial charge in [-0.1, -0.05) is 48.5 Å². The van der Waals surface area contributed by atoms with Gasteiger partial charge in [0.25, 0.3) is 5.91 Å². The van der Waals surface area contributed by atoms with E-state index in [1.54, 1.807) is 11.3 Å². The van der Waals surface area contributed by atoms with Gasteiger partial charge >= 0.3 is 0 Å². The Morgan fingerprint density at radius 1 is 1.00 bits per heavy atom.